The van der Waals surface area contributed by atoms with Crippen LogP contribution in [0.5, 0.6) is 11.5 Å². The topological polar surface area (TPSA) is 76.1 Å². The van der Waals surface area contributed by atoms with Crippen molar-refractivity contribution in [2.24, 2.45) is 0 Å². The molecule has 26 heavy (non-hydrogen) atoms. The Morgan fingerprint density at radius 1 is 1.04 bits per heavy atom. The van der Waals surface area contributed by atoms with E-state index in [0.29, 0.717) is 30.9 Å². The lowest BCUT2D eigenvalue weighted by Gasteiger charge is -2.19. The molecule has 1 N–H and O–H groups in total. The summed E-state index contributed by atoms with van der Waals surface area (Å²) in [5, 5.41) is 8.90. The molecule has 0 bridgehead atoms. The summed E-state index contributed by atoms with van der Waals surface area (Å²) in [5.41, 5.74) is 2.07. The number of carboxylic acid groups (broad SMARTS) is 1. The SMILES string of the molecule is COc1ccc(CN(C)C(=O)CCc2ccc(C(=O)O)cc2)c(OC)c1. The molecule has 0 heterocycles. The summed E-state index contributed by atoms with van der Waals surface area (Å²) in [5.74, 6) is 0.420. The van der Waals surface area contributed by atoms with Gasteiger partial charge in [0.1, 0.15) is 11.5 Å². The number of carbonyl (C=O) groups is 2. The smallest absolute Gasteiger partial charge is 0.335 e. The highest BCUT2D eigenvalue weighted by Gasteiger charge is 2.13. The standard InChI is InChI=1S/C20H23NO5/c1-21(13-16-9-10-17(25-2)12-18(16)26-3)19(22)11-6-14-4-7-15(8-5-14)20(23)24/h4-5,7-10,12H,6,11,13H2,1-3H3,(H,23,24). The molecule has 2 rings (SSSR count). The van der Waals surface area contributed by atoms with Crippen LogP contribution >= 0.6 is 0 Å². The van der Waals surface area contributed by atoms with Crippen molar-refractivity contribution in [3.05, 3.63) is 59.2 Å². The predicted octanol–water partition coefficient (Wildman–Crippen LogP) is 2.99. The zero-order valence-corrected chi connectivity index (χ0v) is 15.2. The number of amides is 1. The highest BCUT2D eigenvalue weighted by Crippen LogP contribution is 2.25. The molecule has 0 aliphatic rings. The summed E-state index contributed by atoms with van der Waals surface area (Å²) in [6.45, 7) is 0.434. The Balaban J connectivity index is 1.94. The number of methoxy groups -OCH3 is 2. The first kappa shape index (κ1) is 19.3. The van der Waals surface area contributed by atoms with E-state index in [-0.39, 0.29) is 11.5 Å². The van der Waals surface area contributed by atoms with Gasteiger partial charge in [0.05, 0.1) is 19.8 Å². The predicted molar refractivity (Wildman–Crippen MR) is 97.7 cm³/mol. The molecule has 0 aliphatic carbocycles. The Morgan fingerprint density at radius 2 is 1.73 bits per heavy atom. The maximum atomic E-state index is 12.4. The van der Waals surface area contributed by atoms with Gasteiger partial charge in [-0.1, -0.05) is 12.1 Å². The van der Waals surface area contributed by atoms with E-state index >= 15 is 0 Å². The summed E-state index contributed by atoms with van der Waals surface area (Å²) in [6, 6.07) is 12.1. The van der Waals surface area contributed by atoms with E-state index in [1.54, 1.807) is 56.5 Å². The minimum Gasteiger partial charge on any atom is -0.497 e. The maximum Gasteiger partial charge on any atom is 0.335 e. The van der Waals surface area contributed by atoms with E-state index in [1.165, 1.54) is 0 Å². The molecule has 0 saturated carbocycles. The first-order valence-corrected chi connectivity index (χ1v) is 8.21. The van der Waals surface area contributed by atoms with E-state index in [0.717, 1.165) is 11.1 Å². The maximum absolute atomic E-state index is 12.4. The average molecular weight is 357 g/mol. The molecule has 0 fully saturated rings. The first-order valence-electron chi connectivity index (χ1n) is 8.21. The number of carbonyl (C=O) groups excluding carboxylic acids is 1. The van der Waals surface area contributed by atoms with Gasteiger partial charge in [0.15, 0.2) is 0 Å². The van der Waals surface area contributed by atoms with Crippen LogP contribution in [0.3, 0.4) is 0 Å². The monoisotopic (exact) mass is 357 g/mol. The van der Waals surface area contributed by atoms with Gasteiger partial charge < -0.3 is 19.5 Å². The first-order chi connectivity index (χ1) is 12.4. The Morgan fingerprint density at radius 3 is 2.31 bits per heavy atom. The molecule has 0 spiro atoms. The van der Waals surface area contributed by atoms with Crippen molar-refractivity contribution in [1.29, 1.82) is 0 Å². The minimum absolute atomic E-state index is 0.00480. The summed E-state index contributed by atoms with van der Waals surface area (Å²) in [6.07, 6.45) is 0.907. The number of benzene rings is 2. The summed E-state index contributed by atoms with van der Waals surface area (Å²) in [7, 11) is 4.92. The molecule has 0 saturated heterocycles. The lowest BCUT2D eigenvalue weighted by molar-refractivity contribution is -0.130. The van der Waals surface area contributed by atoms with Gasteiger partial charge in [0.2, 0.25) is 5.91 Å². The number of nitrogens with zero attached hydrogens (tertiary/aromatic N) is 1. The van der Waals surface area contributed by atoms with E-state index in [4.69, 9.17) is 14.6 Å². The molecule has 0 aliphatic heterocycles. The third-order valence-corrected chi connectivity index (χ3v) is 4.16. The Labute approximate surface area is 153 Å². The quantitative estimate of drug-likeness (QED) is 0.786. The van der Waals surface area contributed by atoms with E-state index in [1.807, 2.05) is 12.1 Å². The summed E-state index contributed by atoms with van der Waals surface area (Å²) < 4.78 is 10.5. The van der Waals surface area contributed by atoms with Gasteiger partial charge >= 0.3 is 5.97 Å². The van der Waals surface area contributed by atoms with Crippen LogP contribution in [0.1, 0.15) is 27.9 Å². The van der Waals surface area contributed by atoms with Crippen LogP contribution in [0.2, 0.25) is 0 Å². The highest BCUT2D eigenvalue weighted by atomic mass is 16.5. The van der Waals surface area contributed by atoms with Crippen molar-refractivity contribution >= 4 is 11.9 Å². The molecule has 2 aromatic carbocycles. The van der Waals surface area contributed by atoms with Gasteiger partial charge in [-0.05, 0) is 36.2 Å². The van der Waals surface area contributed by atoms with Crippen LogP contribution in [-0.4, -0.2) is 43.2 Å². The molecule has 2 aromatic rings. The van der Waals surface area contributed by atoms with Gasteiger partial charge in [-0.25, -0.2) is 4.79 Å². The Bertz CT molecular complexity index is 770. The van der Waals surface area contributed by atoms with Crippen LogP contribution in [0.4, 0.5) is 0 Å². The second-order valence-corrected chi connectivity index (χ2v) is 5.93. The lowest BCUT2D eigenvalue weighted by Crippen LogP contribution is -2.26. The molecular weight excluding hydrogens is 334 g/mol. The van der Waals surface area contributed by atoms with Gasteiger partial charge in [-0.3, -0.25) is 4.79 Å². The summed E-state index contributed by atoms with van der Waals surface area (Å²) in [4.78, 5) is 24.9. The van der Waals surface area contributed by atoms with Crippen molar-refractivity contribution in [3.8, 4) is 11.5 Å². The molecule has 0 unspecified atom stereocenters. The number of hydrogen-bond acceptors (Lipinski definition) is 4. The normalized spacial score (nSPS) is 10.3. The van der Waals surface area contributed by atoms with Crippen molar-refractivity contribution in [2.45, 2.75) is 19.4 Å². The molecule has 6 nitrogen and oxygen atoms in total. The number of aromatic carboxylic acids is 1. The van der Waals surface area contributed by atoms with E-state index < -0.39 is 5.97 Å². The van der Waals surface area contributed by atoms with Gasteiger partial charge in [0, 0.05) is 31.6 Å². The second-order valence-electron chi connectivity index (χ2n) is 5.93. The molecule has 0 atom stereocenters. The molecule has 138 valence electrons. The molecule has 0 radical (unpaired) electrons. The van der Waals surface area contributed by atoms with Crippen molar-refractivity contribution in [3.63, 3.8) is 0 Å². The lowest BCUT2D eigenvalue weighted by atomic mass is 10.1. The third-order valence-electron chi connectivity index (χ3n) is 4.16. The zero-order chi connectivity index (χ0) is 19.1. The summed E-state index contributed by atoms with van der Waals surface area (Å²) >= 11 is 0. The fraction of sp³-hybridized carbons (Fsp3) is 0.300. The average Bonchev–Trinajstić information content (AvgIpc) is 2.66. The van der Waals surface area contributed by atoms with Crippen LogP contribution in [0.15, 0.2) is 42.5 Å². The fourth-order valence-corrected chi connectivity index (χ4v) is 2.58. The molecule has 0 aromatic heterocycles. The third kappa shape index (κ3) is 4.99. The largest absolute Gasteiger partial charge is 0.497 e. The Hall–Kier alpha value is -3.02. The van der Waals surface area contributed by atoms with E-state index in [2.05, 4.69) is 0 Å². The number of rotatable bonds is 8. The Kier molecular flexibility index (Phi) is 6.60. The van der Waals surface area contributed by atoms with Crippen LogP contribution in [0, 0.1) is 0 Å². The van der Waals surface area contributed by atoms with Crippen LogP contribution in [-0.2, 0) is 17.8 Å². The van der Waals surface area contributed by atoms with Crippen LogP contribution < -0.4 is 9.47 Å². The van der Waals surface area contributed by atoms with Gasteiger partial charge in [-0.15, -0.1) is 0 Å². The minimum atomic E-state index is -0.958. The second kappa shape index (κ2) is 8.89. The van der Waals surface area contributed by atoms with Crippen molar-refractivity contribution < 1.29 is 24.2 Å². The molecule has 6 heteroatoms. The molecular formula is C20H23NO5. The highest BCUT2D eigenvalue weighted by molar-refractivity contribution is 5.87. The number of ether oxygens (including phenoxy) is 2. The zero-order valence-electron chi connectivity index (χ0n) is 15.2. The number of carboxylic acids is 1. The van der Waals surface area contributed by atoms with Crippen LogP contribution in [0.25, 0.3) is 0 Å². The van der Waals surface area contributed by atoms with Gasteiger partial charge in [-0.2, -0.15) is 0 Å². The van der Waals surface area contributed by atoms with Crippen molar-refractivity contribution in [2.75, 3.05) is 21.3 Å². The number of aryl methyl sites for hydroxylation is 1. The van der Waals surface area contributed by atoms with Gasteiger partial charge in [0.25, 0.3) is 0 Å². The fourth-order valence-electron chi connectivity index (χ4n) is 2.58. The molecule has 1 amide bonds. The van der Waals surface area contributed by atoms with Crippen molar-refractivity contribution in [1.82, 2.24) is 4.90 Å². The van der Waals surface area contributed by atoms with E-state index in [9.17, 15) is 9.59 Å². The number of hydrogen-bond donors (Lipinski definition) is 1.